The van der Waals surface area contributed by atoms with Crippen LogP contribution < -0.4 is 15.2 Å². The van der Waals surface area contributed by atoms with Crippen molar-refractivity contribution in [2.75, 3.05) is 13.7 Å². The monoisotopic (exact) mass is 293 g/mol. The van der Waals surface area contributed by atoms with E-state index in [9.17, 15) is 0 Å². The fraction of sp³-hybridized carbons (Fsp3) is 0.647. The number of rotatable bonds is 6. The number of nitrogens with two attached hydrogens (primary N) is 1. The molecule has 0 aliphatic carbocycles. The maximum atomic E-state index is 5.95. The summed E-state index contributed by atoms with van der Waals surface area (Å²) in [5.41, 5.74) is 6.98. The van der Waals surface area contributed by atoms with Crippen LogP contribution in [0.25, 0.3) is 0 Å². The Bertz CT molecular complexity index is 471. The normalized spacial score (nSPS) is 22.0. The third-order valence-corrected chi connectivity index (χ3v) is 3.76. The van der Waals surface area contributed by atoms with E-state index in [0.717, 1.165) is 36.3 Å². The summed E-state index contributed by atoms with van der Waals surface area (Å²) in [6.45, 7) is 6.80. The standard InChI is InChI=1S/C17H27NO3/c1-12(18)9-13-5-6-15(19-4)16(10-13)20-11-14-7-8-17(2,3)21-14/h5-6,10,12,14H,7-9,11,18H2,1-4H3. The Morgan fingerprint density at radius 3 is 2.71 bits per heavy atom. The molecule has 2 atom stereocenters. The largest absolute Gasteiger partial charge is 0.493 e. The summed E-state index contributed by atoms with van der Waals surface area (Å²) < 4.78 is 17.3. The maximum absolute atomic E-state index is 5.95. The van der Waals surface area contributed by atoms with E-state index in [1.54, 1.807) is 7.11 Å². The summed E-state index contributed by atoms with van der Waals surface area (Å²) in [5, 5.41) is 0. The zero-order valence-electron chi connectivity index (χ0n) is 13.5. The van der Waals surface area contributed by atoms with Crippen LogP contribution in [-0.4, -0.2) is 31.5 Å². The molecule has 1 aliphatic rings. The molecule has 1 aromatic carbocycles. The summed E-state index contributed by atoms with van der Waals surface area (Å²) in [7, 11) is 1.66. The molecule has 2 rings (SSSR count). The second kappa shape index (κ2) is 6.67. The molecule has 0 amide bonds. The second-order valence-electron chi connectivity index (χ2n) is 6.52. The fourth-order valence-electron chi connectivity index (χ4n) is 2.71. The molecule has 1 fully saturated rings. The SMILES string of the molecule is COc1ccc(CC(C)N)cc1OCC1CCC(C)(C)O1. The molecule has 4 heteroatoms. The molecule has 1 aromatic rings. The maximum Gasteiger partial charge on any atom is 0.161 e. The first-order valence-electron chi connectivity index (χ1n) is 7.63. The highest BCUT2D eigenvalue weighted by Gasteiger charge is 2.32. The Hall–Kier alpha value is -1.26. The average Bonchev–Trinajstić information content (AvgIpc) is 2.75. The Labute approximate surface area is 127 Å². The van der Waals surface area contributed by atoms with Crippen LogP contribution in [0.5, 0.6) is 11.5 Å². The Balaban J connectivity index is 2.00. The second-order valence-corrected chi connectivity index (χ2v) is 6.52. The van der Waals surface area contributed by atoms with Gasteiger partial charge in [-0.15, -0.1) is 0 Å². The zero-order chi connectivity index (χ0) is 15.5. The van der Waals surface area contributed by atoms with E-state index < -0.39 is 0 Å². The molecule has 0 radical (unpaired) electrons. The molecule has 1 saturated heterocycles. The molecule has 4 nitrogen and oxygen atoms in total. The topological polar surface area (TPSA) is 53.7 Å². The van der Waals surface area contributed by atoms with Crippen LogP contribution in [0.3, 0.4) is 0 Å². The van der Waals surface area contributed by atoms with Crippen LogP contribution >= 0.6 is 0 Å². The lowest BCUT2D eigenvalue weighted by atomic mass is 10.1. The van der Waals surface area contributed by atoms with Crippen LogP contribution in [0.2, 0.25) is 0 Å². The van der Waals surface area contributed by atoms with Gasteiger partial charge in [-0.3, -0.25) is 0 Å². The van der Waals surface area contributed by atoms with Crippen molar-refractivity contribution in [3.8, 4) is 11.5 Å². The lowest BCUT2D eigenvalue weighted by Gasteiger charge is -2.20. The van der Waals surface area contributed by atoms with Gasteiger partial charge >= 0.3 is 0 Å². The van der Waals surface area contributed by atoms with Gasteiger partial charge in [-0.1, -0.05) is 6.07 Å². The average molecular weight is 293 g/mol. The molecule has 0 saturated carbocycles. The minimum absolute atomic E-state index is 0.0328. The van der Waals surface area contributed by atoms with Crippen LogP contribution in [-0.2, 0) is 11.2 Å². The molecule has 2 N–H and O–H groups in total. The van der Waals surface area contributed by atoms with E-state index in [2.05, 4.69) is 13.8 Å². The molecular weight excluding hydrogens is 266 g/mol. The van der Waals surface area contributed by atoms with Crippen molar-refractivity contribution >= 4 is 0 Å². The third kappa shape index (κ3) is 4.61. The first kappa shape index (κ1) is 16.1. The summed E-state index contributed by atoms with van der Waals surface area (Å²) in [6, 6.07) is 6.11. The molecule has 0 spiro atoms. The van der Waals surface area contributed by atoms with Gasteiger partial charge in [0.05, 0.1) is 18.8 Å². The van der Waals surface area contributed by atoms with Crippen molar-refractivity contribution in [3.63, 3.8) is 0 Å². The Morgan fingerprint density at radius 2 is 2.14 bits per heavy atom. The highest BCUT2D eigenvalue weighted by atomic mass is 16.6. The third-order valence-electron chi connectivity index (χ3n) is 3.76. The van der Waals surface area contributed by atoms with Gasteiger partial charge in [0.2, 0.25) is 0 Å². The summed E-state index contributed by atoms with van der Waals surface area (Å²) >= 11 is 0. The summed E-state index contributed by atoms with van der Waals surface area (Å²) in [6.07, 6.45) is 3.09. The van der Waals surface area contributed by atoms with Gasteiger partial charge in [-0.2, -0.15) is 0 Å². The lowest BCUT2D eigenvalue weighted by molar-refractivity contribution is -0.0329. The molecule has 2 unspecified atom stereocenters. The molecule has 1 aliphatic heterocycles. The van der Waals surface area contributed by atoms with E-state index >= 15 is 0 Å². The molecule has 1 heterocycles. The molecule has 21 heavy (non-hydrogen) atoms. The fourth-order valence-corrected chi connectivity index (χ4v) is 2.71. The van der Waals surface area contributed by atoms with Crippen LogP contribution in [0, 0.1) is 0 Å². The van der Waals surface area contributed by atoms with Crippen LogP contribution in [0.15, 0.2) is 18.2 Å². The summed E-state index contributed by atoms with van der Waals surface area (Å²) in [4.78, 5) is 0. The predicted molar refractivity (Wildman–Crippen MR) is 84.0 cm³/mol. The predicted octanol–water partition coefficient (Wildman–Crippen LogP) is 2.92. The highest BCUT2D eigenvalue weighted by molar-refractivity contribution is 5.43. The van der Waals surface area contributed by atoms with Gasteiger partial charge < -0.3 is 19.9 Å². The van der Waals surface area contributed by atoms with Gasteiger partial charge in [-0.25, -0.2) is 0 Å². The van der Waals surface area contributed by atoms with Crippen molar-refractivity contribution in [3.05, 3.63) is 23.8 Å². The molecule has 0 bridgehead atoms. The zero-order valence-corrected chi connectivity index (χ0v) is 13.5. The van der Waals surface area contributed by atoms with E-state index in [-0.39, 0.29) is 17.7 Å². The minimum atomic E-state index is -0.0328. The number of methoxy groups -OCH3 is 1. The number of hydrogen-bond acceptors (Lipinski definition) is 4. The van der Waals surface area contributed by atoms with Gasteiger partial charge in [0.25, 0.3) is 0 Å². The van der Waals surface area contributed by atoms with Crippen molar-refractivity contribution in [2.24, 2.45) is 5.73 Å². The van der Waals surface area contributed by atoms with Crippen molar-refractivity contribution in [2.45, 2.75) is 57.8 Å². The van der Waals surface area contributed by atoms with Gasteiger partial charge in [0.15, 0.2) is 11.5 Å². The van der Waals surface area contributed by atoms with Gasteiger partial charge in [0.1, 0.15) is 6.61 Å². The number of ether oxygens (including phenoxy) is 3. The molecule has 118 valence electrons. The Kier molecular flexibility index (Phi) is 5.12. The van der Waals surface area contributed by atoms with E-state index in [0.29, 0.717) is 6.61 Å². The highest BCUT2D eigenvalue weighted by Crippen LogP contribution is 2.32. The van der Waals surface area contributed by atoms with Crippen LogP contribution in [0.4, 0.5) is 0 Å². The smallest absolute Gasteiger partial charge is 0.161 e. The van der Waals surface area contributed by atoms with E-state index in [4.69, 9.17) is 19.9 Å². The van der Waals surface area contributed by atoms with Crippen molar-refractivity contribution < 1.29 is 14.2 Å². The number of benzene rings is 1. The minimum Gasteiger partial charge on any atom is -0.493 e. The molecule has 0 aromatic heterocycles. The number of hydrogen-bond donors (Lipinski definition) is 1. The van der Waals surface area contributed by atoms with Gasteiger partial charge in [0, 0.05) is 6.04 Å². The van der Waals surface area contributed by atoms with E-state index in [1.807, 2.05) is 25.1 Å². The quantitative estimate of drug-likeness (QED) is 0.876. The van der Waals surface area contributed by atoms with Crippen molar-refractivity contribution in [1.29, 1.82) is 0 Å². The lowest BCUT2D eigenvalue weighted by Crippen LogP contribution is -2.24. The first-order valence-corrected chi connectivity index (χ1v) is 7.63. The first-order chi connectivity index (χ1) is 9.89. The van der Waals surface area contributed by atoms with Crippen molar-refractivity contribution in [1.82, 2.24) is 0 Å². The molecular formula is C17H27NO3. The van der Waals surface area contributed by atoms with Gasteiger partial charge in [-0.05, 0) is 57.7 Å². The Morgan fingerprint density at radius 1 is 1.38 bits per heavy atom. The summed E-state index contributed by atoms with van der Waals surface area (Å²) in [5.74, 6) is 1.52. The van der Waals surface area contributed by atoms with Crippen LogP contribution in [0.1, 0.15) is 39.2 Å². The van der Waals surface area contributed by atoms with E-state index in [1.165, 1.54) is 0 Å².